The number of hydrogen-bond donors (Lipinski definition) is 1. The summed E-state index contributed by atoms with van der Waals surface area (Å²) in [4.78, 5) is 4.80. The van der Waals surface area contributed by atoms with Crippen LogP contribution in [0.3, 0.4) is 0 Å². The first-order valence-electron chi connectivity index (χ1n) is 10.3. The summed E-state index contributed by atoms with van der Waals surface area (Å²) in [6, 6.07) is 8.58. The Kier molecular flexibility index (Phi) is 5.12. The van der Waals surface area contributed by atoms with Gasteiger partial charge in [0, 0.05) is 29.6 Å². The van der Waals surface area contributed by atoms with Crippen molar-refractivity contribution in [2.45, 2.75) is 82.1 Å². The second-order valence-electron chi connectivity index (χ2n) is 8.41. The maximum absolute atomic E-state index is 6.34. The standard InChI is InChI=1S/C22H31N3O/c1-18-16-19(25-24-18)8-2-4-10-21(20-9-3-7-14-23-20)13-15-26-22(17-21)11-5-6-12-22/h3,7,9,14,16H,2,4-6,8,10-13,15,17H2,1H3,(H,24,25)/t21-/m1/s1. The second kappa shape index (κ2) is 7.51. The largest absolute Gasteiger partial charge is 0.375 e. The number of nitrogens with one attached hydrogen (secondary N) is 1. The van der Waals surface area contributed by atoms with E-state index in [9.17, 15) is 0 Å². The third-order valence-corrected chi connectivity index (χ3v) is 6.47. The van der Waals surface area contributed by atoms with Gasteiger partial charge in [0.05, 0.1) is 11.3 Å². The minimum absolute atomic E-state index is 0.120. The minimum Gasteiger partial charge on any atom is -0.375 e. The van der Waals surface area contributed by atoms with Gasteiger partial charge in [-0.05, 0) is 70.1 Å². The second-order valence-corrected chi connectivity index (χ2v) is 8.41. The Morgan fingerprint density at radius 1 is 1.15 bits per heavy atom. The van der Waals surface area contributed by atoms with Gasteiger partial charge in [0.15, 0.2) is 0 Å². The fourth-order valence-electron chi connectivity index (χ4n) is 5.17. The lowest BCUT2D eigenvalue weighted by atomic mass is 9.67. The van der Waals surface area contributed by atoms with Crippen molar-refractivity contribution in [2.24, 2.45) is 0 Å². The first kappa shape index (κ1) is 17.7. The van der Waals surface area contributed by atoms with Gasteiger partial charge in [0.1, 0.15) is 0 Å². The van der Waals surface area contributed by atoms with E-state index in [0.717, 1.165) is 31.6 Å². The lowest BCUT2D eigenvalue weighted by Crippen LogP contribution is -2.46. The fourth-order valence-corrected chi connectivity index (χ4v) is 5.17. The quantitative estimate of drug-likeness (QED) is 0.753. The van der Waals surface area contributed by atoms with Gasteiger partial charge in [-0.3, -0.25) is 10.1 Å². The normalized spacial score (nSPS) is 25.0. The van der Waals surface area contributed by atoms with Crippen molar-refractivity contribution in [1.29, 1.82) is 0 Å². The van der Waals surface area contributed by atoms with Crippen molar-refractivity contribution in [3.05, 3.63) is 47.5 Å². The zero-order valence-corrected chi connectivity index (χ0v) is 16.0. The van der Waals surface area contributed by atoms with Crippen molar-refractivity contribution in [2.75, 3.05) is 6.61 Å². The van der Waals surface area contributed by atoms with Crippen LogP contribution in [0.15, 0.2) is 30.5 Å². The molecule has 1 aliphatic carbocycles. The molecule has 4 rings (SSSR count). The molecule has 140 valence electrons. The maximum atomic E-state index is 6.34. The van der Waals surface area contributed by atoms with E-state index in [4.69, 9.17) is 9.72 Å². The predicted octanol–water partition coefficient (Wildman–Crippen LogP) is 4.89. The molecule has 26 heavy (non-hydrogen) atoms. The average molecular weight is 354 g/mol. The Balaban J connectivity index is 1.46. The molecule has 2 fully saturated rings. The zero-order chi connectivity index (χ0) is 17.9. The van der Waals surface area contributed by atoms with Crippen molar-refractivity contribution in [3.63, 3.8) is 0 Å². The molecule has 0 unspecified atom stereocenters. The summed E-state index contributed by atoms with van der Waals surface area (Å²) in [5.41, 5.74) is 3.93. The van der Waals surface area contributed by atoms with Gasteiger partial charge in [0.25, 0.3) is 0 Å². The molecule has 4 heteroatoms. The van der Waals surface area contributed by atoms with Crippen LogP contribution in [0.2, 0.25) is 0 Å². The Morgan fingerprint density at radius 3 is 2.77 bits per heavy atom. The summed E-state index contributed by atoms with van der Waals surface area (Å²) >= 11 is 0. The van der Waals surface area contributed by atoms with Crippen LogP contribution in [0.1, 0.15) is 74.9 Å². The summed E-state index contributed by atoms with van der Waals surface area (Å²) < 4.78 is 6.34. The van der Waals surface area contributed by atoms with Crippen LogP contribution < -0.4 is 0 Å². The van der Waals surface area contributed by atoms with Crippen LogP contribution in [0.25, 0.3) is 0 Å². The number of aromatic nitrogens is 3. The van der Waals surface area contributed by atoms with Gasteiger partial charge in [0.2, 0.25) is 0 Å². The van der Waals surface area contributed by atoms with E-state index in [1.165, 1.54) is 56.3 Å². The number of H-pyrrole nitrogens is 1. The average Bonchev–Trinajstić information content (AvgIpc) is 3.29. The van der Waals surface area contributed by atoms with Gasteiger partial charge >= 0.3 is 0 Å². The Labute approximate surface area is 156 Å². The molecule has 2 aliphatic rings. The molecular formula is C22H31N3O. The van der Waals surface area contributed by atoms with E-state index < -0.39 is 0 Å². The number of aromatic amines is 1. The van der Waals surface area contributed by atoms with Crippen LogP contribution in [-0.2, 0) is 16.6 Å². The number of unbranched alkanes of at least 4 members (excludes halogenated alkanes) is 1. The van der Waals surface area contributed by atoms with Crippen molar-refractivity contribution >= 4 is 0 Å². The summed E-state index contributed by atoms with van der Waals surface area (Å²) in [5, 5.41) is 7.42. The molecule has 4 nitrogen and oxygen atoms in total. The number of nitrogens with zero attached hydrogens (tertiary/aromatic N) is 2. The van der Waals surface area contributed by atoms with Crippen molar-refractivity contribution < 1.29 is 4.74 Å². The molecule has 1 aliphatic heterocycles. The molecule has 2 aromatic rings. The highest BCUT2D eigenvalue weighted by Crippen LogP contribution is 2.50. The highest BCUT2D eigenvalue weighted by atomic mass is 16.5. The first-order chi connectivity index (χ1) is 12.7. The smallest absolute Gasteiger partial charge is 0.0691 e. The van der Waals surface area contributed by atoms with Gasteiger partial charge in [-0.15, -0.1) is 0 Å². The van der Waals surface area contributed by atoms with Crippen LogP contribution in [0.4, 0.5) is 0 Å². The van der Waals surface area contributed by atoms with E-state index in [1.54, 1.807) is 0 Å². The lowest BCUT2D eigenvalue weighted by molar-refractivity contribution is -0.104. The summed E-state index contributed by atoms with van der Waals surface area (Å²) in [5.74, 6) is 0. The molecule has 0 amide bonds. The van der Waals surface area contributed by atoms with Crippen LogP contribution >= 0.6 is 0 Å². The molecule has 3 heterocycles. The minimum atomic E-state index is 0.120. The molecule has 2 aromatic heterocycles. The van der Waals surface area contributed by atoms with E-state index in [1.807, 2.05) is 12.3 Å². The molecule has 1 N–H and O–H groups in total. The van der Waals surface area contributed by atoms with E-state index in [-0.39, 0.29) is 11.0 Å². The van der Waals surface area contributed by atoms with Crippen molar-refractivity contribution in [3.8, 4) is 0 Å². The van der Waals surface area contributed by atoms with Crippen molar-refractivity contribution in [1.82, 2.24) is 15.2 Å². The van der Waals surface area contributed by atoms with Crippen LogP contribution in [0.5, 0.6) is 0 Å². The molecule has 1 saturated heterocycles. The van der Waals surface area contributed by atoms with E-state index in [2.05, 4.69) is 35.3 Å². The number of pyridine rings is 1. The fraction of sp³-hybridized carbons (Fsp3) is 0.636. The monoisotopic (exact) mass is 353 g/mol. The van der Waals surface area contributed by atoms with Gasteiger partial charge < -0.3 is 4.74 Å². The topological polar surface area (TPSA) is 50.8 Å². The number of hydrogen-bond acceptors (Lipinski definition) is 3. The third-order valence-electron chi connectivity index (χ3n) is 6.47. The van der Waals surface area contributed by atoms with Gasteiger partial charge in [-0.25, -0.2) is 0 Å². The summed E-state index contributed by atoms with van der Waals surface area (Å²) in [7, 11) is 0. The molecule has 0 aromatic carbocycles. The summed E-state index contributed by atoms with van der Waals surface area (Å²) in [6.07, 6.45) is 14.0. The molecular weight excluding hydrogens is 322 g/mol. The van der Waals surface area contributed by atoms with E-state index >= 15 is 0 Å². The molecule has 1 saturated carbocycles. The molecule has 0 bridgehead atoms. The lowest BCUT2D eigenvalue weighted by Gasteiger charge is -2.46. The SMILES string of the molecule is Cc1cc(CCCC[C@@]2(c3ccccn3)CCOC3(CCCC3)C2)n[nH]1. The van der Waals surface area contributed by atoms with Crippen LogP contribution in [-0.4, -0.2) is 27.4 Å². The molecule has 1 atom stereocenters. The Bertz CT molecular complexity index is 705. The van der Waals surface area contributed by atoms with Crippen LogP contribution in [0, 0.1) is 6.92 Å². The Hall–Kier alpha value is -1.68. The maximum Gasteiger partial charge on any atom is 0.0691 e. The number of rotatable bonds is 6. The highest BCUT2D eigenvalue weighted by molar-refractivity contribution is 5.20. The van der Waals surface area contributed by atoms with Gasteiger partial charge in [-0.2, -0.15) is 5.10 Å². The zero-order valence-electron chi connectivity index (χ0n) is 16.0. The van der Waals surface area contributed by atoms with Gasteiger partial charge in [-0.1, -0.05) is 25.3 Å². The highest BCUT2D eigenvalue weighted by Gasteiger charge is 2.48. The summed E-state index contributed by atoms with van der Waals surface area (Å²) in [6.45, 7) is 2.95. The first-order valence-corrected chi connectivity index (χ1v) is 10.3. The molecule has 0 radical (unpaired) electrons. The number of ether oxygens (including phenoxy) is 1. The number of aryl methyl sites for hydroxylation is 2. The Morgan fingerprint density at radius 2 is 2.04 bits per heavy atom. The third kappa shape index (κ3) is 3.71. The van der Waals surface area contributed by atoms with E-state index in [0.29, 0.717) is 0 Å². The molecule has 1 spiro atoms. The predicted molar refractivity (Wildman–Crippen MR) is 103 cm³/mol.